The summed E-state index contributed by atoms with van der Waals surface area (Å²) in [7, 11) is 3.03. The molecule has 204 valence electrons. The second-order valence-corrected chi connectivity index (χ2v) is 9.68. The summed E-state index contributed by atoms with van der Waals surface area (Å²) >= 11 is 1.09. The summed E-state index contributed by atoms with van der Waals surface area (Å²) in [6.07, 6.45) is 0. The number of nitrogens with one attached hydrogen (secondary N) is 3. The van der Waals surface area contributed by atoms with Crippen LogP contribution in [0.4, 0.5) is 15.8 Å². The number of thioether (sulfide) groups is 1. The number of benzene rings is 3. The van der Waals surface area contributed by atoms with Gasteiger partial charge < -0.3 is 25.4 Å². The van der Waals surface area contributed by atoms with Crippen molar-refractivity contribution in [2.75, 3.05) is 30.6 Å². The molecule has 0 bridgehead atoms. The van der Waals surface area contributed by atoms with Gasteiger partial charge in [0.2, 0.25) is 5.91 Å². The highest BCUT2D eigenvalue weighted by atomic mass is 32.2. The van der Waals surface area contributed by atoms with Gasteiger partial charge in [0.05, 0.1) is 48.2 Å². The highest BCUT2D eigenvalue weighted by molar-refractivity contribution is 8.03. The molecule has 1 heterocycles. The van der Waals surface area contributed by atoms with Crippen molar-refractivity contribution in [3.05, 3.63) is 106 Å². The van der Waals surface area contributed by atoms with E-state index in [9.17, 15) is 14.9 Å². The van der Waals surface area contributed by atoms with Crippen molar-refractivity contribution in [2.45, 2.75) is 12.8 Å². The Morgan fingerprint density at radius 3 is 2.50 bits per heavy atom. The Kier molecular flexibility index (Phi) is 9.09. The lowest BCUT2D eigenvalue weighted by Gasteiger charge is -2.30. The number of nitrogens with zero attached hydrogens (tertiary/aromatic N) is 1. The van der Waals surface area contributed by atoms with Gasteiger partial charge in [-0.15, -0.1) is 0 Å². The molecule has 3 aromatic rings. The third kappa shape index (κ3) is 6.27. The van der Waals surface area contributed by atoms with Crippen LogP contribution in [0, 0.1) is 17.1 Å². The first-order valence-corrected chi connectivity index (χ1v) is 13.2. The van der Waals surface area contributed by atoms with E-state index in [1.54, 1.807) is 73.7 Å². The van der Waals surface area contributed by atoms with Crippen molar-refractivity contribution in [3.8, 4) is 17.6 Å². The van der Waals surface area contributed by atoms with E-state index < -0.39 is 17.6 Å². The first kappa shape index (κ1) is 28.3. The van der Waals surface area contributed by atoms with Crippen LogP contribution < -0.4 is 25.4 Å². The topological polar surface area (TPSA) is 112 Å². The predicted molar refractivity (Wildman–Crippen MR) is 153 cm³/mol. The Morgan fingerprint density at radius 2 is 1.77 bits per heavy atom. The van der Waals surface area contributed by atoms with Crippen LogP contribution in [0.1, 0.15) is 18.4 Å². The molecule has 2 amide bonds. The van der Waals surface area contributed by atoms with Gasteiger partial charge in [0.1, 0.15) is 17.3 Å². The van der Waals surface area contributed by atoms with Crippen LogP contribution in [0.15, 0.2) is 94.7 Å². The Labute approximate surface area is 235 Å². The van der Waals surface area contributed by atoms with Crippen molar-refractivity contribution >= 4 is 35.0 Å². The van der Waals surface area contributed by atoms with Gasteiger partial charge in [-0.1, -0.05) is 48.2 Å². The number of methoxy groups -OCH3 is 2. The molecule has 3 aromatic carbocycles. The predicted octanol–water partition coefficient (Wildman–Crippen LogP) is 5.55. The van der Waals surface area contributed by atoms with E-state index in [2.05, 4.69) is 22.0 Å². The van der Waals surface area contributed by atoms with Crippen LogP contribution in [0.25, 0.3) is 0 Å². The molecule has 0 saturated carbocycles. The molecule has 0 saturated heterocycles. The summed E-state index contributed by atoms with van der Waals surface area (Å²) in [5, 5.41) is 19.3. The summed E-state index contributed by atoms with van der Waals surface area (Å²) in [5.41, 5.74) is 1.89. The number of dihydropyridines is 1. The van der Waals surface area contributed by atoms with Gasteiger partial charge in [0.15, 0.2) is 0 Å². The second kappa shape index (κ2) is 12.9. The number of carbonyl (C=O) groups excluding carboxylic acids is 2. The van der Waals surface area contributed by atoms with Gasteiger partial charge in [0.25, 0.3) is 5.91 Å². The lowest BCUT2D eigenvalue weighted by Crippen LogP contribution is -2.31. The molecule has 0 spiro atoms. The van der Waals surface area contributed by atoms with E-state index in [-0.39, 0.29) is 28.4 Å². The van der Waals surface area contributed by atoms with Crippen LogP contribution in [0.3, 0.4) is 0 Å². The second-order valence-electron chi connectivity index (χ2n) is 8.70. The number of amides is 2. The van der Waals surface area contributed by atoms with Crippen molar-refractivity contribution in [2.24, 2.45) is 0 Å². The molecule has 0 radical (unpaired) electrons. The molecular weight excluding hydrogens is 531 g/mol. The molecule has 1 aliphatic heterocycles. The van der Waals surface area contributed by atoms with Gasteiger partial charge in [0, 0.05) is 28.6 Å². The monoisotopic (exact) mass is 558 g/mol. The highest BCUT2D eigenvalue weighted by Crippen LogP contribution is 2.42. The van der Waals surface area contributed by atoms with E-state index in [1.807, 2.05) is 0 Å². The number of para-hydroxylation sites is 2. The third-order valence-corrected chi connectivity index (χ3v) is 7.18. The average Bonchev–Trinajstić information content (AvgIpc) is 2.96. The number of allylic oxidation sites excluding steroid dienone is 2. The van der Waals surface area contributed by atoms with Gasteiger partial charge in [-0.25, -0.2) is 4.39 Å². The normalized spacial score (nSPS) is 14.6. The molecule has 4 rings (SSSR count). The van der Waals surface area contributed by atoms with E-state index in [0.717, 1.165) is 11.8 Å². The molecule has 0 unspecified atom stereocenters. The number of ether oxygens (including phenoxy) is 2. The number of hydrogen-bond acceptors (Lipinski definition) is 7. The summed E-state index contributed by atoms with van der Waals surface area (Å²) < 4.78 is 25.7. The number of nitriles is 1. The Morgan fingerprint density at radius 1 is 1.02 bits per heavy atom. The quantitative estimate of drug-likeness (QED) is 0.316. The molecule has 8 nitrogen and oxygen atoms in total. The largest absolute Gasteiger partial charge is 0.497 e. The zero-order valence-corrected chi connectivity index (χ0v) is 22.9. The van der Waals surface area contributed by atoms with Gasteiger partial charge in [-0.05, 0) is 37.3 Å². The fourth-order valence-corrected chi connectivity index (χ4v) is 5.21. The molecule has 40 heavy (non-hydrogen) atoms. The lowest BCUT2D eigenvalue weighted by molar-refractivity contribution is -0.114. The summed E-state index contributed by atoms with van der Waals surface area (Å²) in [5.74, 6) is -1.38. The fourth-order valence-electron chi connectivity index (χ4n) is 4.32. The third-order valence-electron chi connectivity index (χ3n) is 6.16. The number of halogens is 1. The molecule has 0 aromatic heterocycles. The van der Waals surface area contributed by atoms with Crippen LogP contribution in [0.5, 0.6) is 11.5 Å². The first-order chi connectivity index (χ1) is 19.4. The lowest BCUT2D eigenvalue weighted by atomic mass is 9.82. The number of anilines is 2. The summed E-state index contributed by atoms with van der Waals surface area (Å²) in [6.45, 7) is 1.68. The van der Waals surface area contributed by atoms with Crippen LogP contribution in [-0.2, 0) is 9.59 Å². The fraction of sp³-hybridized carbons (Fsp3) is 0.167. The molecule has 0 fully saturated rings. The maximum Gasteiger partial charge on any atom is 0.254 e. The number of carbonyl (C=O) groups is 2. The van der Waals surface area contributed by atoms with Gasteiger partial charge in [-0.2, -0.15) is 5.26 Å². The van der Waals surface area contributed by atoms with E-state index >= 15 is 4.39 Å². The van der Waals surface area contributed by atoms with Gasteiger partial charge >= 0.3 is 0 Å². The van der Waals surface area contributed by atoms with Crippen molar-refractivity contribution in [1.82, 2.24) is 5.32 Å². The summed E-state index contributed by atoms with van der Waals surface area (Å²) in [6, 6.07) is 22.0. The Balaban J connectivity index is 1.64. The Bertz CT molecular complexity index is 1550. The Hall–Kier alpha value is -4.75. The summed E-state index contributed by atoms with van der Waals surface area (Å²) in [4.78, 5) is 26.3. The van der Waals surface area contributed by atoms with E-state index in [0.29, 0.717) is 33.6 Å². The zero-order valence-electron chi connectivity index (χ0n) is 22.1. The smallest absolute Gasteiger partial charge is 0.254 e. The molecule has 1 atom stereocenters. The van der Waals surface area contributed by atoms with Gasteiger partial charge in [-0.3, -0.25) is 9.59 Å². The minimum absolute atomic E-state index is 0.0370. The molecular formula is C30H27FN4O4S. The van der Waals surface area contributed by atoms with E-state index in [1.165, 1.54) is 20.3 Å². The zero-order chi connectivity index (χ0) is 28.6. The maximum atomic E-state index is 15.1. The van der Waals surface area contributed by atoms with Crippen LogP contribution in [-0.4, -0.2) is 31.8 Å². The van der Waals surface area contributed by atoms with Crippen molar-refractivity contribution in [1.29, 1.82) is 5.26 Å². The molecule has 10 heteroatoms. The number of hydrogen-bond donors (Lipinski definition) is 3. The van der Waals surface area contributed by atoms with E-state index in [4.69, 9.17) is 9.47 Å². The minimum Gasteiger partial charge on any atom is -0.497 e. The first-order valence-electron chi connectivity index (χ1n) is 12.2. The standard InChI is InChI=1S/C30H27FN4O4S/c1-18-27(29(37)35-24-13-6-7-14-25(24)39-3)28(21-11-4-5-12-23(21)31)22(16-32)30(33-18)40-17-26(36)34-19-9-8-10-20(15-19)38-2/h4-15,28,33H,17H2,1-3H3,(H,34,36)(H,35,37)/t28-/m0/s1. The molecule has 0 aliphatic carbocycles. The van der Waals surface area contributed by atoms with Crippen molar-refractivity contribution in [3.63, 3.8) is 0 Å². The number of rotatable bonds is 9. The van der Waals surface area contributed by atoms with Crippen molar-refractivity contribution < 1.29 is 23.5 Å². The SMILES string of the molecule is COc1cccc(NC(=O)CSC2=C(C#N)[C@H](c3ccccc3F)C(C(=O)Nc3ccccc3OC)=C(C)N2)c1. The average molecular weight is 559 g/mol. The molecule has 3 N–H and O–H groups in total. The van der Waals surface area contributed by atoms with Crippen LogP contribution in [0.2, 0.25) is 0 Å². The highest BCUT2D eigenvalue weighted by Gasteiger charge is 2.36. The van der Waals surface area contributed by atoms with Crippen LogP contribution >= 0.6 is 11.8 Å². The molecule has 1 aliphatic rings. The minimum atomic E-state index is -1.01. The maximum absolute atomic E-state index is 15.1.